The number of anilines is 2. The number of thioether (sulfide) groups is 1. The number of halogens is 1. The number of hydrogen-bond donors (Lipinski definition) is 5. The molecule has 0 heterocycles. The first-order valence-electron chi connectivity index (χ1n) is 12.9. The Bertz CT molecular complexity index is 1750. The SMILES string of the molecule is COc1cc(O)ccc1/C=C(/NC(=O)c1ccccc1)C(=O)Nc1cccc(SCC(=O)Nc2ccc(Cl)c(C(=O)O)c2)c1. The largest absolute Gasteiger partial charge is 0.508 e. The number of carboxylic acids is 1. The number of hydrogen-bond acceptors (Lipinski definition) is 7. The predicted octanol–water partition coefficient (Wildman–Crippen LogP) is 5.89. The van der Waals surface area contributed by atoms with Gasteiger partial charge in [-0.15, -0.1) is 11.8 Å². The number of carboxylic acid groups (broad SMARTS) is 1. The molecule has 0 atom stereocenters. The molecule has 4 aromatic rings. The Morgan fingerprint density at radius 2 is 1.64 bits per heavy atom. The van der Waals surface area contributed by atoms with Crippen LogP contribution in [-0.4, -0.2) is 46.8 Å². The highest BCUT2D eigenvalue weighted by atomic mass is 35.5. The third-order valence-electron chi connectivity index (χ3n) is 5.99. The Morgan fingerprint density at radius 3 is 2.36 bits per heavy atom. The zero-order valence-corrected chi connectivity index (χ0v) is 24.7. The average Bonchev–Trinajstić information content (AvgIpc) is 3.01. The van der Waals surface area contributed by atoms with Crippen molar-refractivity contribution in [1.29, 1.82) is 0 Å². The molecule has 5 N–H and O–H groups in total. The molecule has 0 aromatic heterocycles. The molecule has 0 radical (unpaired) electrons. The molecule has 4 aromatic carbocycles. The topological polar surface area (TPSA) is 154 Å². The number of nitrogens with one attached hydrogen (secondary N) is 3. The number of methoxy groups -OCH3 is 1. The van der Waals surface area contributed by atoms with E-state index in [1.165, 1.54) is 55.3 Å². The van der Waals surface area contributed by atoms with Gasteiger partial charge in [-0.25, -0.2) is 4.79 Å². The fraction of sp³-hybridized carbons (Fsp3) is 0.0625. The maximum atomic E-state index is 13.4. The molecule has 12 heteroatoms. The van der Waals surface area contributed by atoms with E-state index in [1.54, 1.807) is 60.7 Å². The predicted molar refractivity (Wildman–Crippen MR) is 169 cm³/mol. The molecular formula is C32H26ClN3O7S. The second kappa shape index (κ2) is 14.8. The number of phenols is 1. The molecular weight excluding hydrogens is 606 g/mol. The molecule has 0 saturated carbocycles. The van der Waals surface area contributed by atoms with Crippen LogP contribution < -0.4 is 20.7 Å². The van der Waals surface area contributed by atoms with Crippen LogP contribution in [0.4, 0.5) is 11.4 Å². The summed E-state index contributed by atoms with van der Waals surface area (Å²) < 4.78 is 5.32. The molecule has 0 spiro atoms. The zero-order valence-electron chi connectivity index (χ0n) is 23.2. The van der Waals surface area contributed by atoms with Crippen molar-refractivity contribution >= 4 is 64.5 Å². The van der Waals surface area contributed by atoms with E-state index in [0.29, 0.717) is 33.1 Å². The van der Waals surface area contributed by atoms with Gasteiger partial charge in [0, 0.05) is 33.5 Å². The third-order valence-corrected chi connectivity index (χ3v) is 7.31. The fourth-order valence-corrected chi connectivity index (χ4v) is 4.85. The number of carbonyl (C=O) groups excluding carboxylic acids is 3. The minimum absolute atomic E-state index is 0.00135. The van der Waals surface area contributed by atoms with Gasteiger partial charge in [0.05, 0.1) is 23.4 Å². The van der Waals surface area contributed by atoms with Gasteiger partial charge in [-0.1, -0.05) is 35.9 Å². The van der Waals surface area contributed by atoms with Crippen molar-refractivity contribution in [1.82, 2.24) is 5.32 Å². The van der Waals surface area contributed by atoms with E-state index in [2.05, 4.69) is 16.0 Å². The minimum Gasteiger partial charge on any atom is -0.508 e. The number of aromatic carboxylic acids is 1. The monoisotopic (exact) mass is 631 g/mol. The molecule has 0 unspecified atom stereocenters. The summed E-state index contributed by atoms with van der Waals surface area (Å²) in [5.41, 5.74) is 1.28. The lowest BCUT2D eigenvalue weighted by Crippen LogP contribution is -2.30. The molecule has 3 amide bonds. The van der Waals surface area contributed by atoms with Gasteiger partial charge in [0.15, 0.2) is 0 Å². The number of carbonyl (C=O) groups is 4. The molecule has 44 heavy (non-hydrogen) atoms. The summed E-state index contributed by atoms with van der Waals surface area (Å²) in [5, 5.41) is 27.2. The smallest absolute Gasteiger partial charge is 0.337 e. The first kappa shape index (κ1) is 31.7. The Kier molecular flexibility index (Phi) is 10.6. The number of rotatable bonds is 11. The molecule has 224 valence electrons. The van der Waals surface area contributed by atoms with Crippen LogP contribution in [0.5, 0.6) is 11.5 Å². The summed E-state index contributed by atoms with van der Waals surface area (Å²) in [6.45, 7) is 0. The van der Waals surface area contributed by atoms with E-state index in [9.17, 15) is 29.4 Å². The lowest BCUT2D eigenvalue weighted by molar-refractivity contribution is -0.114. The summed E-state index contributed by atoms with van der Waals surface area (Å²) >= 11 is 7.08. The van der Waals surface area contributed by atoms with Crippen LogP contribution in [0.1, 0.15) is 26.3 Å². The number of benzene rings is 4. The van der Waals surface area contributed by atoms with Crippen molar-refractivity contribution in [2.75, 3.05) is 23.5 Å². The lowest BCUT2D eigenvalue weighted by Gasteiger charge is -2.13. The summed E-state index contributed by atoms with van der Waals surface area (Å²) in [6, 6.07) is 23.7. The molecule has 0 fully saturated rings. The normalized spacial score (nSPS) is 10.9. The summed E-state index contributed by atoms with van der Waals surface area (Å²) in [5.74, 6) is -2.45. The van der Waals surface area contributed by atoms with E-state index in [-0.39, 0.29) is 33.7 Å². The standard InChI is InChI=1S/C32H26ClN3O7S/c1-43-28-17-23(37)12-10-20(28)14-27(36-30(39)19-6-3-2-4-7-19)31(40)35-21-8-5-9-24(15-21)44-18-29(38)34-22-11-13-26(33)25(16-22)32(41)42/h2-17,37H,18H2,1H3,(H,34,38)(H,35,40)(H,36,39)(H,41,42)/b27-14+. The van der Waals surface area contributed by atoms with Crippen LogP contribution in [-0.2, 0) is 9.59 Å². The average molecular weight is 632 g/mol. The first-order chi connectivity index (χ1) is 21.1. The summed E-state index contributed by atoms with van der Waals surface area (Å²) in [7, 11) is 1.42. The lowest BCUT2D eigenvalue weighted by atomic mass is 10.1. The quantitative estimate of drug-likeness (QED) is 0.101. The number of ether oxygens (including phenoxy) is 1. The van der Waals surface area contributed by atoms with Crippen LogP contribution in [0.3, 0.4) is 0 Å². The van der Waals surface area contributed by atoms with Crippen molar-refractivity contribution in [3.05, 3.63) is 118 Å². The Hall–Kier alpha value is -5.26. The van der Waals surface area contributed by atoms with Gasteiger partial charge < -0.3 is 30.9 Å². The van der Waals surface area contributed by atoms with Gasteiger partial charge in [-0.3, -0.25) is 14.4 Å². The molecule has 0 aliphatic carbocycles. The van der Waals surface area contributed by atoms with Gasteiger partial charge in [-0.2, -0.15) is 0 Å². The highest BCUT2D eigenvalue weighted by molar-refractivity contribution is 8.00. The Morgan fingerprint density at radius 1 is 0.886 bits per heavy atom. The van der Waals surface area contributed by atoms with Crippen LogP contribution >= 0.6 is 23.4 Å². The Balaban J connectivity index is 1.48. The van der Waals surface area contributed by atoms with Crippen molar-refractivity contribution in [3.8, 4) is 11.5 Å². The van der Waals surface area contributed by atoms with Crippen molar-refractivity contribution in [2.45, 2.75) is 4.90 Å². The first-order valence-corrected chi connectivity index (χ1v) is 14.3. The van der Waals surface area contributed by atoms with Crippen LogP contribution in [0.25, 0.3) is 6.08 Å². The highest BCUT2D eigenvalue weighted by Crippen LogP contribution is 2.27. The van der Waals surface area contributed by atoms with Crippen molar-refractivity contribution in [2.24, 2.45) is 0 Å². The van der Waals surface area contributed by atoms with Crippen LogP contribution in [0.15, 0.2) is 102 Å². The maximum Gasteiger partial charge on any atom is 0.337 e. The van der Waals surface area contributed by atoms with Crippen LogP contribution in [0, 0.1) is 0 Å². The third kappa shape index (κ3) is 8.63. The van der Waals surface area contributed by atoms with Crippen molar-refractivity contribution in [3.63, 3.8) is 0 Å². The molecule has 0 bridgehead atoms. The second-order valence-corrected chi connectivity index (χ2v) is 10.6. The fourth-order valence-electron chi connectivity index (χ4n) is 3.89. The summed E-state index contributed by atoms with van der Waals surface area (Å²) in [6.07, 6.45) is 1.43. The molecule has 0 saturated heterocycles. The van der Waals surface area contributed by atoms with Gasteiger partial charge in [0.1, 0.15) is 17.2 Å². The van der Waals surface area contributed by atoms with E-state index >= 15 is 0 Å². The summed E-state index contributed by atoms with van der Waals surface area (Å²) in [4.78, 5) is 50.8. The number of phenolic OH excluding ortho intramolecular Hbond substituents is 1. The Labute approximate surface area is 261 Å². The molecule has 0 aliphatic heterocycles. The van der Waals surface area contributed by atoms with Gasteiger partial charge in [0.25, 0.3) is 11.8 Å². The van der Waals surface area contributed by atoms with Gasteiger partial charge in [0.2, 0.25) is 5.91 Å². The zero-order chi connectivity index (χ0) is 31.6. The molecule has 10 nitrogen and oxygen atoms in total. The van der Waals surface area contributed by atoms with Gasteiger partial charge in [-0.05, 0) is 66.7 Å². The van der Waals surface area contributed by atoms with E-state index in [1.807, 2.05) is 0 Å². The minimum atomic E-state index is -1.21. The molecule has 4 rings (SSSR count). The second-order valence-electron chi connectivity index (χ2n) is 9.12. The van der Waals surface area contributed by atoms with Crippen molar-refractivity contribution < 1.29 is 34.1 Å². The maximum absolute atomic E-state index is 13.4. The number of aromatic hydroxyl groups is 1. The van der Waals surface area contributed by atoms with E-state index in [0.717, 1.165) is 0 Å². The van der Waals surface area contributed by atoms with E-state index in [4.69, 9.17) is 16.3 Å². The van der Waals surface area contributed by atoms with Gasteiger partial charge >= 0.3 is 5.97 Å². The van der Waals surface area contributed by atoms with Crippen LogP contribution in [0.2, 0.25) is 5.02 Å². The molecule has 0 aliphatic rings. The number of amides is 3. The van der Waals surface area contributed by atoms with E-state index < -0.39 is 17.8 Å². The highest BCUT2D eigenvalue weighted by Gasteiger charge is 2.17.